The number of nitrogens with zero attached hydrogens (tertiary/aromatic N) is 2. The van der Waals surface area contributed by atoms with Crippen LogP contribution in [0.3, 0.4) is 0 Å². The van der Waals surface area contributed by atoms with Crippen molar-refractivity contribution in [3.63, 3.8) is 0 Å². The minimum atomic E-state index is -0.214. The molecule has 2 aromatic rings. The molecule has 0 radical (unpaired) electrons. The molecule has 0 saturated carbocycles. The fourth-order valence-corrected chi connectivity index (χ4v) is 2.97. The van der Waals surface area contributed by atoms with Gasteiger partial charge in [-0.1, -0.05) is 44.2 Å². The number of aliphatic hydroxyl groups excluding tert-OH is 1. The summed E-state index contributed by atoms with van der Waals surface area (Å²) in [5, 5.41) is 16.9. The predicted molar refractivity (Wildman–Crippen MR) is 94.9 cm³/mol. The molecule has 2 N–H and O–H groups in total. The molecular formula is C19H27N3O2. The van der Waals surface area contributed by atoms with Gasteiger partial charge in [-0.3, -0.25) is 9.48 Å². The maximum absolute atomic E-state index is 12.8. The van der Waals surface area contributed by atoms with E-state index in [1.54, 1.807) is 0 Å². The average molecular weight is 329 g/mol. The van der Waals surface area contributed by atoms with Gasteiger partial charge < -0.3 is 10.4 Å². The van der Waals surface area contributed by atoms with Gasteiger partial charge in [0.1, 0.15) is 5.69 Å². The molecule has 0 bridgehead atoms. The highest BCUT2D eigenvalue weighted by atomic mass is 16.3. The number of carbonyl (C=O) groups is 1. The minimum absolute atomic E-state index is 0.0185. The van der Waals surface area contributed by atoms with Crippen LogP contribution in [0.15, 0.2) is 36.4 Å². The van der Waals surface area contributed by atoms with Crippen molar-refractivity contribution in [1.29, 1.82) is 0 Å². The summed E-state index contributed by atoms with van der Waals surface area (Å²) < 4.78 is 1.84. The average Bonchev–Trinajstić information content (AvgIpc) is 2.98. The van der Waals surface area contributed by atoms with E-state index in [2.05, 4.69) is 24.3 Å². The molecular weight excluding hydrogens is 302 g/mol. The molecule has 0 aliphatic rings. The second-order valence-electron chi connectivity index (χ2n) is 6.03. The highest BCUT2D eigenvalue weighted by Gasteiger charge is 2.21. The van der Waals surface area contributed by atoms with Crippen molar-refractivity contribution in [1.82, 2.24) is 15.1 Å². The Morgan fingerprint density at radius 3 is 2.50 bits per heavy atom. The standard InChI is InChI=1S/C19H27N3O2/c1-4-16(5-2)22-18(13-14(3)21-22)19(24)20-17(11-12-23)15-9-7-6-8-10-15/h6-10,13,16-17,23H,4-5,11-12H2,1-3H3,(H,20,24). The van der Waals surface area contributed by atoms with Crippen molar-refractivity contribution in [2.75, 3.05) is 6.61 Å². The lowest BCUT2D eigenvalue weighted by molar-refractivity contribution is 0.0915. The summed E-state index contributed by atoms with van der Waals surface area (Å²) >= 11 is 0. The van der Waals surface area contributed by atoms with Gasteiger partial charge in [0.25, 0.3) is 5.91 Å². The van der Waals surface area contributed by atoms with E-state index in [1.807, 2.05) is 48.0 Å². The Hall–Kier alpha value is -2.14. The van der Waals surface area contributed by atoms with Gasteiger partial charge in [-0.2, -0.15) is 5.10 Å². The van der Waals surface area contributed by atoms with Crippen molar-refractivity contribution in [2.24, 2.45) is 0 Å². The first kappa shape index (κ1) is 18.2. The molecule has 2 rings (SSSR count). The Kier molecular flexibility index (Phi) is 6.55. The second kappa shape index (κ2) is 8.64. The molecule has 5 heteroatoms. The maximum atomic E-state index is 12.8. The van der Waals surface area contributed by atoms with Crippen molar-refractivity contribution in [2.45, 2.75) is 52.1 Å². The Morgan fingerprint density at radius 1 is 1.25 bits per heavy atom. The molecule has 1 aromatic heterocycles. The molecule has 130 valence electrons. The largest absolute Gasteiger partial charge is 0.396 e. The quantitative estimate of drug-likeness (QED) is 0.780. The number of aryl methyl sites for hydroxylation is 1. The summed E-state index contributed by atoms with van der Waals surface area (Å²) in [5.41, 5.74) is 2.41. The van der Waals surface area contributed by atoms with Crippen LogP contribution in [0.2, 0.25) is 0 Å². The number of hydrogen-bond acceptors (Lipinski definition) is 3. The molecule has 1 unspecified atom stereocenters. The summed E-state index contributed by atoms with van der Waals surface area (Å²) in [4.78, 5) is 12.8. The number of aliphatic hydroxyl groups is 1. The normalized spacial score (nSPS) is 12.4. The smallest absolute Gasteiger partial charge is 0.270 e. The van der Waals surface area contributed by atoms with Gasteiger partial charge in [-0.05, 0) is 37.8 Å². The minimum Gasteiger partial charge on any atom is -0.396 e. The third kappa shape index (κ3) is 4.23. The first-order chi connectivity index (χ1) is 11.6. The van der Waals surface area contributed by atoms with Crippen LogP contribution < -0.4 is 5.32 Å². The maximum Gasteiger partial charge on any atom is 0.270 e. The molecule has 1 aromatic carbocycles. The van der Waals surface area contributed by atoms with Gasteiger partial charge >= 0.3 is 0 Å². The second-order valence-corrected chi connectivity index (χ2v) is 6.03. The summed E-state index contributed by atoms with van der Waals surface area (Å²) in [6, 6.07) is 11.6. The molecule has 1 heterocycles. The predicted octanol–water partition coefficient (Wildman–Crippen LogP) is 3.41. The Balaban J connectivity index is 2.24. The first-order valence-electron chi connectivity index (χ1n) is 8.63. The zero-order valence-electron chi connectivity index (χ0n) is 14.7. The number of amides is 1. The SMILES string of the molecule is CCC(CC)n1nc(C)cc1C(=O)NC(CCO)c1ccccc1. The summed E-state index contributed by atoms with van der Waals surface area (Å²) in [6.45, 7) is 6.12. The van der Waals surface area contributed by atoms with E-state index < -0.39 is 0 Å². The summed E-state index contributed by atoms with van der Waals surface area (Å²) in [5.74, 6) is -0.148. The van der Waals surface area contributed by atoms with Gasteiger partial charge in [0.2, 0.25) is 0 Å². The topological polar surface area (TPSA) is 67.2 Å². The number of benzene rings is 1. The highest BCUT2D eigenvalue weighted by Crippen LogP contribution is 2.21. The lowest BCUT2D eigenvalue weighted by atomic mass is 10.0. The van der Waals surface area contributed by atoms with Crippen LogP contribution in [0.4, 0.5) is 0 Å². The first-order valence-corrected chi connectivity index (χ1v) is 8.63. The Morgan fingerprint density at radius 2 is 1.92 bits per heavy atom. The van der Waals surface area contributed by atoms with Crippen LogP contribution in [0.5, 0.6) is 0 Å². The van der Waals surface area contributed by atoms with E-state index in [0.29, 0.717) is 12.1 Å². The number of nitrogens with one attached hydrogen (secondary N) is 1. The molecule has 24 heavy (non-hydrogen) atoms. The van der Waals surface area contributed by atoms with Crippen molar-refractivity contribution < 1.29 is 9.90 Å². The fourth-order valence-electron chi connectivity index (χ4n) is 2.97. The molecule has 1 amide bonds. The number of aromatic nitrogens is 2. The van der Waals surface area contributed by atoms with Crippen LogP contribution in [0.1, 0.15) is 66.9 Å². The van der Waals surface area contributed by atoms with E-state index in [9.17, 15) is 9.90 Å². The fraction of sp³-hybridized carbons (Fsp3) is 0.474. The van der Waals surface area contributed by atoms with Gasteiger partial charge in [0.05, 0.1) is 17.8 Å². The van der Waals surface area contributed by atoms with Gasteiger partial charge in [-0.15, -0.1) is 0 Å². The summed E-state index contributed by atoms with van der Waals surface area (Å²) in [6.07, 6.45) is 2.33. The Bertz CT molecular complexity index is 648. The molecule has 0 spiro atoms. The van der Waals surface area contributed by atoms with Crippen LogP contribution in [0.25, 0.3) is 0 Å². The van der Waals surface area contributed by atoms with Crippen molar-refractivity contribution in [3.05, 3.63) is 53.3 Å². The summed E-state index contributed by atoms with van der Waals surface area (Å²) in [7, 11) is 0. The van der Waals surface area contributed by atoms with Crippen LogP contribution >= 0.6 is 0 Å². The van der Waals surface area contributed by atoms with Crippen molar-refractivity contribution in [3.8, 4) is 0 Å². The lowest BCUT2D eigenvalue weighted by Gasteiger charge is -2.20. The third-order valence-electron chi connectivity index (χ3n) is 4.30. The van der Waals surface area contributed by atoms with Gasteiger partial charge in [-0.25, -0.2) is 0 Å². The number of carbonyl (C=O) groups excluding carboxylic acids is 1. The van der Waals surface area contributed by atoms with E-state index in [4.69, 9.17) is 0 Å². The van der Waals surface area contributed by atoms with E-state index in [0.717, 1.165) is 24.1 Å². The molecule has 0 aliphatic carbocycles. The molecule has 5 nitrogen and oxygen atoms in total. The number of hydrogen-bond donors (Lipinski definition) is 2. The van der Waals surface area contributed by atoms with E-state index >= 15 is 0 Å². The zero-order valence-corrected chi connectivity index (χ0v) is 14.7. The molecule has 0 aliphatic heterocycles. The zero-order chi connectivity index (χ0) is 17.5. The molecule has 1 atom stereocenters. The molecule has 0 fully saturated rings. The van der Waals surface area contributed by atoms with E-state index in [1.165, 1.54) is 0 Å². The third-order valence-corrected chi connectivity index (χ3v) is 4.30. The monoisotopic (exact) mass is 329 g/mol. The van der Waals surface area contributed by atoms with Gasteiger partial charge in [0.15, 0.2) is 0 Å². The molecule has 0 saturated heterocycles. The Labute approximate surface area is 143 Å². The number of rotatable bonds is 8. The van der Waals surface area contributed by atoms with Crippen LogP contribution in [-0.4, -0.2) is 27.4 Å². The van der Waals surface area contributed by atoms with Crippen LogP contribution in [-0.2, 0) is 0 Å². The lowest BCUT2D eigenvalue weighted by Crippen LogP contribution is -2.31. The van der Waals surface area contributed by atoms with E-state index in [-0.39, 0.29) is 24.6 Å². The van der Waals surface area contributed by atoms with Crippen molar-refractivity contribution >= 4 is 5.91 Å². The van der Waals surface area contributed by atoms with Crippen LogP contribution in [0, 0.1) is 6.92 Å². The van der Waals surface area contributed by atoms with Gasteiger partial charge in [0, 0.05) is 6.61 Å². The highest BCUT2D eigenvalue weighted by molar-refractivity contribution is 5.93.